The van der Waals surface area contributed by atoms with Crippen molar-refractivity contribution in [1.29, 1.82) is 5.26 Å². The number of carbonyl (C=O) groups is 1. The maximum absolute atomic E-state index is 12.4. The molecule has 0 aliphatic heterocycles. The number of nitriles is 1. The number of nitrogens with one attached hydrogen (secondary N) is 2. The van der Waals surface area contributed by atoms with E-state index in [1.54, 1.807) is 12.1 Å². The van der Waals surface area contributed by atoms with Crippen molar-refractivity contribution in [3.8, 4) is 6.07 Å². The highest BCUT2D eigenvalue weighted by Crippen LogP contribution is 2.24. The van der Waals surface area contributed by atoms with E-state index in [4.69, 9.17) is 11.6 Å². The summed E-state index contributed by atoms with van der Waals surface area (Å²) in [6, 6.07) is 14.9. The maximum Gasteiger partial charge on any atom is 0.267 e. The Morgan fingerprint density at radius 2 is 1.92 bits per heavy atom. The summed E-state index contributed by atoms with van der Waals surface area (Å²) in [4.78, 5) is 12.4. The lowest BCUT2D eigenvalue weighted by molar-refractivity contribution is -0.112. The molecule has 0 saturated heterocycles. The largest absolute Gasteiger partial charge is 0.360 e. The number of aryl methyl sites for hydroxylation is 1. The molecule has 0 unspecified atom stereocenters. The van der Waals surface area contributed by atoms with Gasteiger partial charge >= 0.3 is 0 Å². The zero-order chi connectivity index (χ0) is 18.4. The highest BCUT2D eigenvalue weighted by atomic mass is 35.5. The minimum absolute atomic E-state index is 0.0158. The Kier molecular flexibility index (Phi) is 6.21. The Labute approximate surface area is 153 Å². The van der Waals surface area contributed by atoms with E-state index in [9.17, 15) is 10.1 Å². The minimum atomic E-state index is -0.484. The van der Waals surface area contributed by atoms with Gasteiger partial charge in [0.25, 0.3) is 5.91 Å². The summed E-state index contributed by atoms with van der Waals surface area (Å²) in [5, 5.41) is 15.6. The fraction of sp³-hybridized carbons (Fsp3) is 0.200. The molecule has 2 aromatic rings. The molecular formula is C20H20ClN3O. The molecule has 0 aliphatic carbocycles. The molecule has 0 radical (unpaired) electrons. The molecule has 0 saturated carbocycles. The van der Waals surface area contributed by atoms with Gasteiger partial charge < -0.3 is 10.6 Å². The molecule has 2 rings (SSSR count). The third-order valence-corrected chi connectivity index (χ3v) is 4.00. The van der Waals surface area contributed by atoms with Crippen molar-refractivity contribution in [2.75, 3.05) is 10.6 Å². The van der Waals surface area contributed by atoms with Crippen molar-refractivity contribution in [3.63, 3.8) is 0 Å². The van der Waals surface area contributed by atoms with Gasteiger partial charge in [-0.05, 0) is 42.2 Å². The third-order valence-electron chi connectivity index (χ3n) is 3.77. The SMILES string of the molecule is Cc1ccc(Cl)cc1NC(=O)/C(C#N)=C\Nc1ccccc1C(C)C. The molecule has 25 heavy (non-hydrogen) atoms. The van der Waals surface area contributed by atoms with Gasteiger partial charge in [-0.25, -0.2) is 0 Å². The molecule has 0 bridgehead atoms. The highest BCUT2D eigenvalue weighted by molar-refractivity contribution is 6.31. The van der Waals surface area contributed by atoms with Crippen LogP contribution in [0.2, 0.25) is 5.02 Å². The lowest BCUT2D eigenvalue weighted by Gasteiger charge is -2.12. The fourth-order valence-electron chi connectivity index (χ4n) is 2.35. The van der Waals surface area contributed by atoms with Crippen molar-refractivity contribution < 1.29 is 4.79 Å². The van der Waals surface area contributed by atoms with Crippen LogP contribution in [0.1, 0.15) is 30.9 Å². The van der Waals surface area contributed by atoms with Gasteiger partial charge in [-0.3, -0.25) is 4.79 Å². The van der Waals surface area contributed by atoms with Crippen molar-refractivity contribution in [3.05, 3.63) is 70.4 Å². The van der Waals surface area contributed by atoms with E-state index in [2.05, 4.69) is 24.5 Å². The molecule has 2 N–H and O–H groups in total. The number of hydrogen-bond donors (Lipinski definition) is 2. The number of halogens is 1. The monoisotopic (exact) mass is 353 g/mol. The summed E-state index contributed by atoms with van der Waals surface area (Å²) in [7, 11) is 0. The average molecular weight is 354 g/mol. The Hall–Kier alpha value is -2.77. The lowest BCUT2D eigenvalue weighted by Crippen LogP contribution is -2.15. The number of amides is 1. The maximum atomic E-state index is 12.4. The molecule has 128 valence electrons. The molecule has 0 fully saturated rings. The van der Waals surface area contributed by atoms with Crippen LogP contribution in [-0.4, -0.2) is 5.91 Å². The van der Waals surface area contributed by atoms with E-state index in [1.165, 1.54) is 6.20 Å². The van der Waals surface area contributed by atoms with Crippen molar-refractivity contribution in [2.45, 2.75) is 26.7 Å². The zero-order valence-corrected chi connectivity index (χ0v) is 15.2. The number of benzene rings is 2. The molecule has 0 spiro atoms. The van der Waals surface area contributed by atoms with Gasteiger partial charge in [0, 0.05) is 22.6 Å². The molecule has 1 amide bonds. The van der Waals surface area contributed by atoms with Crippen LogP contribution in [0.5, 0.6) is 0 Å². The van der Waals surface area contributed by atoms with Gasteiger partial charge in [-0.2, -0.15) is 5.26 Å². The highest BCUT2D eigenvalue weighted by Gasteiger charge is 2.12. The van der Waals surface area contributed by atoms with E-state index in [-0.39, 0.29) is 5.57 Å². The van der Waals surface area contributed by atoms with Gasteiger partial charge in [0.05, 0.1) is 0 Å². The number of para-hydroxylation sites is 1. The second kappa shape index (κ2) is 8.36. The minimum Gasteiger partial charge on any atom is -0.360 e. The smallest absolute Gasteiger partial charge is 0.267 e. The Morgan fingerprint density at radius 1 is 1.20 bits per heavy atom. The molecule has 0 atom stereocenters. The molecule has 2 aromatic carbocycles. The van der Waals surface area contributed by atoms with Gasteiger partial charge in [-0.15, -0.1) is 0 Å². The van der Waals surface area contributed by atoms with E-state index in [0.717, 1.165) is 16.8 Å². The summed E-state index contributed by atoms with van der Waals surface area (Å²) in [6.07, 6.45) is 1.43. The predicted octanol–water partition coefficient (Wildman–Crippen LogP) is 5.23. The first-order valence-corrected chi connectivity index (χ1v) is 8.33. The Balaban J connectivity index is 2.19. The normalized spacial score (nSPS) is 11.1. The van der Waals surface area contributed by atoms with E-state index in [0.29, 0.717) is 16.6 Å². The van der Waals surface area contributed by atoms with Crippen LogP contribution < -0.4 is 10.6 Å². The third kappa shape index (κ3) is 4.85. The molecule has 0 aromatic heterocycles. The molecule has 4 nitrogen and oxygen atoms in total. The van der Waals surface area contributed by atoms with E-state index < -0.39 is 5.91 Å². The molecular weight excluding hydrogens is 334 g/mol. The number of hydrogen-bond acceptors (Lipinski definition) is 3. The van der Waals surface area contributed by atoms with E-state index in [1.807, 2.05) is 43.3 Å². The van der Waals surface area contributed by atoms with Crippen molar-refractivity contribution in [1.82, 2.24) is 0 Å². The van der Waals surface area contributed by atoms with Crippen LogP contribution in [0.25, 0.3) is 0 Å². The zero-order valence-electron chi connectivity index (χ0n) is 14.4. The molecule has 0 aliphatic rings. The van der Waals surface area contributed by atoms with Crippen LogP contribution in [0.15, 0.2) is 54.2 Å². The number of nitrogens with zero attached hydrogens (tertiary/aromatic N) is 1. The summed E-state index contributed by atoms with van der Waals surface area (Å²) in [5.41, 5.74) is 3.42. The quantitative estimate of drug-likeness (QED) is 0.571. The topological polar surface area (TPSA) is 64.9 Å². The summed E-state index contributed by atoms with van der Waals surface area (Å²) >= 11 is 5.96. The number of carbonyl (C=O) groups excluding carboxylic acids is 1. The van der Waals surface area contributed by atoms with Gasteiger partial charge in [-0.1, -0.05) is 49.7 Å². The molecule has 5 heteroatoms. The van der Waals surface area contributed by atoms with Crippen molar-refractivity contribution >= 4 is 28.9 Å². The Morgan fingerprint density at radius 3 is 2.60 bits per heavy atom. The van der Waals surface area contributed by atoms with Crippen LogP contribution in [0, 0.1) is 18.3 Å². The number of anilines is 2. The number of rotatable bonds is 5. The van der Waals surface area contributed by atoms with Gasteiger partial charge in [0.2, 0.25) is 0 Å². The van der Waals surface area contributed by atoms with Crippen LogP contribution in [-0.2, 0) is 4.79 Å². The summed E-state index contributed by atoms with van der Waals surface area (Å²) in [6.45, 7) is 6.03. The first kappa shape index (κ1) is 18.6. The first-order chi connectivity index (χ1) is 11.9. The average Bonchev–Trinajstić information content (AvgIpc) is 2.59. The van der Waals surface area contributed by atoms with Crippen LogP contribution in [0.3, 0.4) is 0 Å². The molecule has 0 heterocycles. The van der Waals surface area contributed by atoms with E-state index >= 15 is 0 Å². The summed E-state index contributed by atoms with van der Waals surface area (Å²) < 4.78 is 0. The van der Waals surface area contributed by atoms with Gasteiger partial charge in [0.15, 0.2) is 0 Å². The van der Waals surface area contributed by atoms with Crippen molar-refractivity contribution in [2.24, 2.45) is 0 Å². The first-order valence-electron chi connectivity index (χ1n) is 7.95. The standard InChI is InChI=1S/C20H20ClN3O/c1-13(2)17-6-4-5-7-18(17)23-12-15(11-22)20(25)24-19-10-16(21)9-8-14(19)3/h4-10,12-13,23H,1-3H3,(H,24,25)/b15-12-. The summed E-state index contributed by atoms with van der Waals surface area (Å²) in [5.74, 6) is -0.159. The Bertz CT molecular complexity index is 850. The van der Waals surface area contributed by atoms with Crippen LogP contribution in [0.4, 0.5) is 11.4 Å². The predicted molar refractivity (Wildman–Crippen MR) is 103 cm³/mol. The second-order valence-corrected chi connectivity index (χ2v) is 6.41. The second-order valence-electron chi connectivity index (χ2n) is 5.97. The van der Waals surface area contributed by atoms with Crippen LogP contribution >= 0.6 is 11.6 Å². The van der Waals surface area contributed by atoms with Gasteiger partial charge in [0.1, 0.15) is 11.6 Å². The fourth-order valence-corrected chi connectivity index (χ4v) is 2.52. The lowest BCUT2D eigenvalue weighted by atomic mass is 10.0.